The van der Waals surface area contributed by atoms with Crippen molar-refractivity contribution in [3.8, 4) is 5.75 Å². The SMILES string of the molecule is CCNC(Cc1ccccc1OC)c1ccc(Br)s1. The summed E-state index contributed by atoms with van der Waals surface area (Å²) < 4.78 is 6.60. The van der Waals surface area contributed by atoms with Crippen LogP contribution in [0.3, 0.4) is 0 Å². The number of likely N-dealkylation sites (N-methyl/N-ethyl adjacent to an activating group) is 1. The maximum Gasteiger partial charge on any atom is 0.122 e. The molecule has 1 aromatic carbocycles. The van der Waals surface area contributed by atoms with E-state index in [2.05, 4.69) is 52.4 Å². The number of benzene rings is 1. The van der Waals surface area contributed by atoms with E-state index in [0.717, 1.165) is 18.7 Å². The molecule has 19 heavy (non-hydrogen) atoms. The van der Waals surface area contributed by atoms with Crippen molar-refractivity contribution in [1.29, 1.82) is 0 Å². The number of thiophene rings is 1. The quantitative estimate of drug-likeness (QED) is 0.841. The van der Waals surface area contributed by atoms with Crippen LogP contribution in [-0.4, -0.2) is 13.7 Å². The van der Waals surface area contributed by atoms with Crippen LogP contribution < -0.4 is 10.1 Å². The lowest BCUT2D eigenvalue weighted by Crippen LogP contribution is -2.22. The smallest absolute Gasteiger partial charge is 0.122 e. The summed E-state index contributed by atoms with van der Waals surface area (Å²) in [5.41, 5.74) is 1.24. The highest BCUT2D eigenvalue weighted by Gasteiger charge is 2.15. The van der Waals surface area contributed by atoms with Crippen LogP contribution >= 0.6 is 27.3 Å². The van der Waals surface area contributed by atoms with E-state index in [1.807, 2.05) is 12.1 Å². The Hall–Kier alpha value is -0.840. The fourth-order valence-electron chi connectivity index (χ4n) is 2.13. The highest BCUT2D eigenvalue weighted by molar-refractivity contribution is 9.11. The molecule has 1 heterocycles. The maximum atomic E-state index is 5.43. The lowest BCUT2D eigenvalue weighted by atomic mass is 10.0. The summed E-state index contributed by atoms with van der Waals surface area (Å²) in [6.45, 7) is 3.09. The van der Waals surface area contributed by atoms with E-state index in [9.17, 15) is 0 Å². The van der Waals surface area contributed by atoms with Crippen LogP contribution in [-0.2, 0) is 6.42 Å². The van der Waals surface area contributed by atoms with E-state index >= 15 is 0 Å². The minimum absolute atomic E-state index is 0.331. The van der Waals surface area contributed by atoms with Crippen molar-refractivity contribution in [1.82, 2.24) is 5.32 Å². The number of nitrogens with one attached hydrogen (secondary N) is 1. The molecule has 0 spiro atoms. The zero-order chi connectivity index (χ0) is 13.7. The van der Waals surface area contributed by atoms with Crippen molar-refractivity contribution in [2.75, 3.05) is 13.7 Å². The van der Waals surface area contributed by atoms with Gasteiger partial charge in [-0.2, -0.15) is 0 Å². The van der Waals surface area contributed by atoms with Crippen molar-refractivity contribution in [3.05, 3.63) is 50.6 Å². The van der Waals surface area contributed by atoms with Gasteiger partial charge in [0.25, 0.3) is 0 Å². The van der Waals surface area contributed by atoms with E-state index in [1.165, 1.54) is 14.2 Å². The standard InChI is InChI=1S/C15H18BrNOS/c1-3-17-12(14-8-9-15(16)19-14)10-11-6-4-5-7-13(11)18-2/h4-9,12,17H,3,10H2,1-2H3. The molecule has 1 unspecified atom stereocenters. The van der Waals surface area contributed by atoms with Gasteiger partial charge < -0.3 is 10.1 Å². The van der Waals surface area contributed by atoms with E-state index < -0.39 is 0 Å². The lowest BCUT2D eigenvalue weighted by molar-refractivity contribution is 0.406. The van der Waals surface area contributed by atoms with E-state index in [-0.39, 0.29) is 0 Å². The average Bonchev–Trinajstić information content (AvgIpc) is 2.85. The Morgan fingerprint density at radius 3 is 2.68 bits per heavy atom. The molecule has 102 valence electrons. The van der Waals surface area contributed by atoms with Crippen LogP contribution in [0.25, 0.3) is 0 Å². The third-order valence-corrected chi connectivity index (χ3v) is 4.74. The zero-order valence-electron chi connectivity index (χ0n) is 11.2. The largest absolute Gasteiger partial charge is 0.496 e. The van der Waals surface area contributed by atoms with Crippen molar-refractivity contribution >= 4 is 27.3 Å². The van der Waals surface area contributed by atoms with E-state index in [4.69, 9.17) is 4.74 Å². The first kappa shape index (κ1) is 14.6. The Balaban J connectivity index is 2.21. The summed E-state index contributed by atoms with van der Waals surface area (Å²) >= 11 is 5.31. The summed E-state index contributed by atoms with van der Waals surface area (Å²) in [5.74, 6) is 0.959. The van der Waals surface area contributed by atoms with Crippen LogP contribution in [0.2, 0.25) is 0 Å². The summed E-state index contributed by atoms with van der Waals surface area (Å²) in [4.78, 5) is 1.35. The Kier molecular flexibility index (Phi) is 5.43. The molecule has 4 heteroatoms. The van der Waals surface area contributed by atoms with Gasteiger partial charge >= 0.3 is 0 Å². The molecule has 0 fully saturated rings. The normalized spacial score (nSPS) is 12.4. The van der Waals surface area contributed by atoms with Gasteiger partial charge in [0.15, 0.2) is 0 Å². The minimum atomic E-state index is 0.331. The number of ether oxygens (including phenoxy) is 1. The second-order valence-corrected chi connectivity index (χ2v) is 6.76. The Labute approximate surface area is 126 Å². The number of hydrogen-bond acceptors (Lipinski definition) is 3. The fraction of sp³-hybridized carbons (Fsp3) is 0.333. The number of methoxy groups -OCH3 is 1. The second-order valence-electron chi connectivity index (χ2n) is 4.27. The van der Waals surface area contributed by atoms with E-state index in [0.29, 0.717) is 6.04 Å². The molecule has 0 saturated heterocycles. The molecule has 1 N–H and O–H groups in total. The number of halogens is 1. The molecule has 0 bridgehead atoms. The molecule has 2 rings (SSSR count). The van der Waals surface area contributed by atoms with Gasteiger partial charge in [-0.05, 0) is 52.7 Å². The van der Waals surface area contributed by atoms with Gasteiger partial charge in [0.2, 0.25) is 0 Å². The number of rotatable bonds is 6. The molecule has 0 amide bonds. The molecule has 0 saturated carbocycles. The topological polar surface area (TPSA) is 21.3 Å². The third-order valence-electron chi connectivity index (χ3n) is 3.00. The Bertz CT molecular complexity index is 526. The van der Waals surface area contributed by atoms with Gasteiger partial charge in [-0.25, -0.2) is 0 Å². The first-order chi connectivity index (χ1) is 9.24. The van der Waals surface area contributed by atoms with Gasteiger partial charge in [-0.15, -0.1) is 11.3 Å². The molecule has 0 aliphatic heterocycles. The Morgan fingerprint density at radius 2 is 2.05 bits per heavy atom. The number of hydrogen-bond donors (Lipinski definition) is 1. The van der Waals surface area contributed by atoms with Crippen molar-refractivity contribution in [3.63, 3.8) is 0 Å². The lowest BCUT2D eigenvalue weighted by Gasteiger charge is -2.18. The fourth-order valence-corrected chi connectivity index (χ4v) is 3.63. The highest BCUT2D eigenvalue weighted by Crippen LogP contribution is 2.31. The zero-order valence-corrected chi connectivity index (χ0v) is 13.6. The van der Waals surface area contributed by atoms with Gasteiger partial charge in [0.1, 0.15) is 5.75 Å². The van der Waals surface area contributed by atoms with Crippen molar-refractivity contribution < 1.29 is 4.74 Å². The summed E-state index contributed by atoms with van der Waals surface area (Å²) in [6, 6.07) is 12.8. The molecular weight excluding hydrogens is 322 g/mol. The molecule has 0 aliphatic carbocycles. The monoisotopic (exact) mass is 339 g/mol. The molecule has 1 atom stereocenters. The van der Waals surface area contributed by atoms with Crippen LogP contribution in [0.1, 0.15) is 23.4 Å². The van der Waals surface area contributed by atoms with E-state index in [1.54, 1.807) is 18.4 Å². The van der Waals surface area contributed by atoms with Crippen molar-refractivity contribution in [2.24, 2.45) is 0 Å². The van der Waals surface area contributed by atoms with Crippen LogP contribution in [0.4, 0.5) is 0 Å². The number of para-hydroxylation sites is 1. The first-order valence-electron chi connectivity index (χ1n) is 6.35. The molecule has 1 aromatic heterocycles. The van der Waals surface area contributed by atoms with Crippen LogP contribution in [0, 0.1) is 0 Å². The summed E-state index contributed by atoms with van der Waals surface area (Å²) in [5, 5.41) is 3.55. The second kappa shape index (κ2) is 7.08. The van der Waals surface area contributed by atoms with Crippen LogP contribution in [0.5, 0.6) is 5.75 Å². The first-order valence-corrected chi connectivity index (χ1v) is 7.96. The van der Waals surface area contributed by atoms with Gasteiger partial charge in [-0.3, -0.25) is 0 Å². The average molecular weight is 340 g/mol. The molecule has 2 aromatic rings. The summed E-state index contributed by atoms with van der Waals surface area (Å²) in [7, 11) is 1.73. The minimum Gasteiger partial charge on any atom is -0.496 e. The molecule has 2 nitrogen and oxygen atoms in total. The maximum absolute atomic E-state index is 5.43. The molecule has 0 radical (unpaired) electrons. The van der Waals surface area contributed by atoms with Gasteiger partial charge in [0, 0.05) is 10.9 Å². The third kappa shape index (κ3) is 3.81. The van der Waals surface area contributed by atoms with Gasteiger partial charge in [-0.1, -0.05) is 25.1 Å². The molecular formula is C15H18BrNOS. The molecule has 0 aliphatic rings. The predicted molar refractivity (Wildman–Crippen MR) is 85.1 cm³/mol. The summed E-state index contributed by atoms with van der Waals surface area (Å²) in [6.07, 6.45) is 0.935. The Morgan fingerprint density at radius 1 is 1.26 bits per heavy atom. The van der Waals surface area contributed by atoms with Crippen molar-refractivity contribution in [2.45, 2.75) is 19.4 Å². The van der Waals surface area contributed by atoms with Crippen LogP contribution in [0.15, 0.2) is 40.2 Å². The predicted octanol–water partition coefficient (Wildman–Crippen LogP) is 4.41. The highest BCUT2D eigenvalue weighted by atomic mass is 79.9. The van der Waals surface area contributed by atoms with Gasteiger partial charge in [0.05, 0.1) is 10.9 Å².